The first-order valence-electron chi connectivity index (χ1n) is 7.00. The highest BCUT2D eigenvalue weighted by Crippen LogP contribution is 2.34. The average Bonchev–Trinajstić information content (AvgIpc) is 2.89. The molecule has 0 atom stereocenters. The molecule has 1 amide bonds. The number of carbonyl (C=O) groups is 1. The van der Waals surface area contributed by atoms with E-state index in [4.69, 9.17) is 16.1 Å². The number of nitrogens with one attached hydrogen (secondary N) is 1. The zero-order valence-electron chi connectivity index (χ0n) is 12.0. The second-order valence-corrected chi connectivity index (χ2v) is 5.51. The Morgan fingerprint density at radius 2 is 2.14 bits per heavy atom. The maximum Gasteiger partial charge on any atom is 0.259 e. The summed E-state index contributed by atoms with van der Waals surface area (Å²) in [5.74, 6) is -0.386. The van der Waals surface area contributed by atoms with E-state index in [0.29, 0.717) is 18.8 Å². The van der Waals surface area contributed by atoms with Crippen molar-refractivity contribution in [3.05, 3.63) is 40.4 Å². The molecule has 1 aliphatic rings. The Bertz CT molecular complexity index is 691. The predicted molar refractivity (Wildman–Crippen MR) is 80.4 cm³/mol. The molecule has 7 heteroatoms. The van der Waals surface area contributed by atoms with Crippen molar-refractivity contribution in [1.82, 2.24) is 15.4 Å². The van der Waals surface area contributed by atoms with Gasteiger partial charge in [-0.1, -0.05) is 22.8 Å². The van der Waals surface area contributed by atoms with Gasteiger partial charge in [-0.2, -0.15) is 0 Å². The molecule has 22 heavy (non-hydrogen) atoms. The third-order valence-electron chi connectivity index (χ3n) is 3.68. The molecule has 116 valence electrons. The summed E-state index contributed by atoms with van der Waals surface area (Å²) in [6, 6.07) is 4.35. The molecular formula is C15H15ClFN3O2. The first-order chi connectivity index (χ1) is 10.6. The van der Waals surface area contributed by atoms with Crippen LogP contribution in [0.3, 0.4) is 0 Å². The van der Waals surface area contributed by atoms with Gasteiger partial charge in [-0.05, 0) is 19.1 Å². The van der Waals surface area contributed by atoms with E-state index in [0.717, 1.165) is 13.1 Å². The maximum atomic E-state index is 14.1. The van der Waals surface area contributed by atoms with E-state index in [1.54, 1.807) is 17.9 Å². The second-order valence-electron chi connectivity index (χ2n) is 5.10. The Labute approximate surface area is 132 Å². The number of halogens is 2. The van der Waals surface area contributed by atoms with Gasteiger partial charge in [0.15, 0.2) is 0 Å². The van der Waals surface area contributed by atoms with Gasteiger partial charge in [-0.25, -0.2) is 4.39 Å². The molecule has 0 spiro atoms. The largest absolute Gasteiger partial charge is 0.360 e. The fourth-order valence-corrected chi connectivity index (χ4v) is 2.80. The van der Waals surface area contributed by atoms with Gasteiger partial charge in [-0.3, -0.25) is 4.79 Å². The van der Waals surface area contributed by atoms with Crippen molar-refractivity contribution >= 4 is 17.5 Å². The topological polar surface area (TPSA) is 58.4 Å². The molecule has 2 heterocycles. The van der Waals surface area contributed by atoms with Crippen molar-refractivity contribution in [2.45, 2.75) is 6.92 Å². The van der Waals surface area contributed by atoms with Gasteiger partial charge in [0.05, 0.1) is 10.6 Å². The minimum atomic E-state index is -0.532. The number of benzene rings is 1. The van der Waals surface area contributed by atoms with E-state index in [1.165, 1.54) is 12.1 Å². The zero-order chi connectivity index (χ0) is 15.7. The lowest BCUT2D eigenvalue weighted by Crippen LogP contribution is -2.46. The molecule has 0 unspecified atom stereocenters. The van der Waals surface area contributed by atoms with E-state index >= 15 is 0 Å². The molecule has 1 aromatic carbocycles. The third kappa shape index (κ3) is 2.60. The van der Waals surface area contributed by atoms with Crippen molar-refractivity contribution in [3.63, 3.8) is 0 Å². The molecule has 0 bridgehead atoms. The molecule has 1 saturated heterocycles. The standard InChI is InChI=1S/C15H15ClFN3O2/c1-9-12(15(21)20-7-5-18-6-8-20)14(19-22-9)13-10(16)3-2-4-11(13)17/h2-4,18H,5-8H2,1H3. The van der Waals surface area contributed by atoms with Crippen molar-refractivity contribution in [1.29, 1.82) is 0 Å². The average molecular weight is 324 g/mol. The van der Waals surface area contributed by atoms with Crippen LogP contribution in [-0.2, 0) is 0 Å². The number of carbonyl (C=O) groups excluding carboxylic acids is 1. The molecule has 5 nitrogen and oxygen atoms in total. The van der Waals surface area contributed by atoms with Gasteiger partial charge >= 0.3 is 0 Å². The lowest BCUT2D eigenvalue weighted by molar-refractivity contribution is 0.0734. The van der Waals surface area contributed by atoms with Crippen molar-refractivity contribution < 1.29 is 13.7 Å². The molecule has 1 aliphatic heterocycles. The van der Waals surface area contributed by atoms with Crippen LogP contribution in [0.1, 0.15) is 16.1 Å². The fraction of sp³-hybridized carbons (Fsp3) is 0.333. The molecule has 0 aliphatic carbocycles. The summed E-state index contributed by atoms with van der Waals surface area (Å²) >= 11 is 6.08. The predicted octanol–water partition coefficient (Wildman–Crippen LogP) is 2.49. The quantitative estimate of drug-likeness (QED) is 0.922. The highest BCUT2D eigenvalue weighted by Gasteiger charge is 2.29. The van der Waals surface area contributed by atoms with Gasteiger partial charge in [0.1, 0.15) is 22.8 Å². The zero-order valence-corrected chi connectivity index (χ0v) is 12.8. The van der Waals surface area contributed by atoms with Crippen LogP contribution in [0.15, 0.2) is 22.7 Å². The fourth-order valence-electron chi connectivity index (χ4n) is 2.54. The summed E-state index contributed by atoms with van der Waals surface area (Å²) in [7, 11) is 0. The Morgan fingerprint density at radius 1 is 1.41 bits per heavy atom. The van der Waals surface area contributed by atoms with Crippen LogP contribution in [0.25, 0.3) is 11.3 Å². The highest BCUT2D eigenvalue weighted by atomic mass is 35.5. The highest BCUT2D eigenvalue weighted by molar-refractivity contribution is 6.33. The summed E-state index contributed by atoms with van der Waals surface area (Å²) in [5, 5.41) is 7.24. The molecule has 1 aromatic heterocycles. The summed E-state index contributed by atoms with van der Waals surface area (Å²) in [5.41, 5.74) is 0.525. The van der Waals surface area contributed by atoms with Crippen LogP contribution in [0.2, 0.25) is 5.02 Å². The maximum absolute atomic E-state index is 14.1. The van der Waals surface area contributed by atoms with E-state index in [1.807, 2.05) is 0 Å². The minimum Gasteiger partial charge on any atom is -0.360 e. The second kappa shape index (κ2) is 6.06. The Kier molecular flexibility index (Phi) is 4.13. The number of rotatable bonds is 2. The molecular weight excluding hydrogens is 309 g/mol. The first kappa shape index (κ1) is 15.0. The van der Waals surface area contributed by atoms with E-state index in [2.05, 4.69) is 10.5 Å². The number of hydrogen-bond acceptors (Lipinski definition) is 4. The van der Waals surface area contributed by atoms with Crippen molar-refractivity contribution in [2.24, 2.45) is 0 Å². The van der Waals surface area contributed by atoms with E-state index in [-0.39, 0.29) is 27.8 Å². The first-order valence-corrected chi connectivity index (χ1v) is 7.38. The van der Waals surface area contributed by atoms with Crippen molar-refractivity contribution in [3.8, 4) is 11.3 Å². The van der Waals surface area contributed by atoms with Crippen LogP contribution in [0, 0.1) is 12.7 Å². The van der Waals surface area contributed by atoms with Crippen LogP contribution in [-0.4, -0.2) is 42.1 Å². The molecule has 3 rings (SSSR count). The number of piperazine rings is 1. The third-order valence-corrected chi connectivity index (χ3v) is 4.00. The van der Waals surface area contributed by atoms with E-state index < -0.39 is 5.82 Å². The lowest BCUT2D eigenvalue weighted by Gasteiger charge is -2.27. The van der Waals surface area contributed by atoms with Gasteiger partial charge in [0.2, 0.25) is 0 Å². The molecule has 2 aromatic rings. The molecule has 0 radical (unpaired) electrons. The van der Waals surface area contributed by atoms with Gasteiger partial charge in [0, 0.05) is 26.2 Å². The van der Waals surface area contributed by atoms with E-state index in [9.17, 15) is 9.18 Å². The monoisotopic (exact) mass is 323 g/mol. The number of aryl methyl sites for hydroxylation is 1. The minimum absolute atomic E-state index is 0.0968. The Hall–Kier alpha value is -1.92. The van der Waals surface area contributed by atoms with Gasteiger partial charge in [0.25, 0.3) is 5.91 Å². The summed E-state index contributed by atoms with van der Waals surface area (Å²) in [6.07, 6.45) is 0. The number of hydrogen-bond donors (Lipinski definition) is 1. The smallest absolute Gasteiger partial charge is 0.259 e. The summed E-state index contributed by atoms with van der Waals surface area (Å²) in [4.78, 5) is 14.4. The normalized spacial score (nSPS) is 15.1. The van der Waals surface area contributed by atoms with Crippen LogP contribution in [0.5, 0.6) is 0 Å². The number of amides is 1. The summed E-state index contributed by atoms with van der Waals surface area (Å²) < 4.78 is 19.3. The Morgan fingerprint density at radius 3 is 2.82 bits per heavy atom. The molecule has 0 saturated carbocycles. The molecule has 1 N–H and O–H groups in total. The van der Waals surface area contributed by atoms with Crippen LogP contribution < -0.4 is 5.32 Å². The summed E-state index contributed by atoms with van der Waals surface area (Å²) in [6.45, 7) is 4.28. The molecule has 1 fully saturated rings. The van der Waals surface area contributed by atoms with Crippen LogP contribution >= 0.6 is 11.6 Å². The Balaban J connectivity index is 2.06. The van der Waals surface area contributed by atoms with Gasteiger partial charge in [-0.15, -0.1) is 0 Å². The number of aromatic nitrogens is 1. The lowest BCUT2D eigenvalue weighted by atomic mass is 10.0. The number of nitrogens with zero attached hydrogens (tertiary/aromatic N) is 2. The van der Waals surface area contributed by atoms with Gasteiger partial charge < -0.3 is 14.7 Å². The van der Waals surface area contributed by atoms with Crippen LogP contribution in [0.4, 0.5) is 4.39 Å². The van der Waals surface area contributed by atoms with Crippen molar-refractivity contribution in [2.75, 3.05) is 26.2 Å². The SMILES string of the molecule is Cc1onc(-c2c(F)cccc2Cl)c1C(=O)N1CCNCC1.